The van der Waals surface area contributed by atoms with E-state index in [1.807, 2.05) is 30.3 Å². The highest BCUT2D eigenvalue weighted by atomic mass is 32.2. The SMILES string of the molecule is CSc1ccc(-c2nc3c(s2)CCN(C(=O)OCc2ccccc2)C3)cc1. The third-order valence-electron chi connectivity index (χ3n) is 4.53. The Morgan fingerprint density at radius 2 is 1.96 bits per heavy atom. The summed E-state index contributed by atoms with van der Waals surface area (Å²) < 4.78 is 5.46. The highest BCUT2D eigenvalue weighted by Gasteiger charge is 2.25. The maximum atomic E-state index is 12.4. The quantitative estimate of drug-likeness (QED) is 0.567. The normalized spacial score (nSPS) is 13.3. The number of hydrogen-bond acceptors (Lipinski definition) is 5. The minimum Gasteiger partial charge on any atom is -0.445 e. The average molecular weight is 397 g/mol. The van der Waals surface area contributed by atoms with Crippen LogP contribution < -0.4 is 0 Å². The zero-order valence-electron chi connectivity index (χ0n) is 15.1. The standard InChI is InChI=1S/C21H20N2O2S2/c1-26-17-9-7-16(8-10-17)20-22-18-13-23(12-11-19(18)27-20)21(24)25-14-15-5-3-2-4-6-15/h2-10H,11-14H2,1H3. The fraction of sp³-hybridized carbons (Fsp3) is 0.238. The van der Waals surface area contributed by atoms with Crippen LogP contribution in [0.5, 0.6) is 0 Å². The summed E-state index contributed by atoms with van der Waals surface area (Å²) in [5.74, 6) is 0. The first-order valence-corrected chi connectivity index (χ1v) is 10.9. The van der Waals surface area contributed by atoms with E-state index >= 15 is 0 Å². The lowest BCUT2D eigenvalue weighted by atomic mass is 10.2. The minimum atomic E-state index is -0.275. The molecule has 0 saturated carbocycles. The average Bonchev–Trinajstić information content (AvgIpc) is 3.16. The molecule has 0 fully saturated rings. The first-order valence-electron chi connectivity index (χ1n) is 8.81. The summed E-state index contributed by atoms with van der Waals surface area (Å²) in [6.07, 6.45) is 2.63. The number of carbonyl (C=O) groups excluding carboxylic acids is 1. The number of fused-ring (bicyclic) bond motifs is 1. The summed E-state index contributed by atoms with van der Waals surface area (Å²) in [6, 6.07) is 18.2. The molecule has 0 spiro atoms. The molecule has 0 atom stereocenters. The smallest absolute Gasteiger partial charge is 0.410 e. The third-order valence-corrected chi connectivity index (χ3v) is 6.48. The fourth-order valence-corrected chi connectivity index (χ4v) is 4.49. The van der Waals surface area contributed by atoms with Crippen LogP contribution in [0.4, 0.5) is 4.79 Å². The summed E-state index contributed by atoms with van der Waals surface area (Å²) in [7, 11) is 0. The molecule has 27 heavy (non-hydrogen) atoms. The number of aromatic nitrogens is 1. The largest absolute Gasteiger partial charge is 0.445 e. The molecular formula is C21H20N2O2S2. The summed E-state index contributed by atoms with van der Waals surface area (Å²) >= 11 is 3.46. The Kier molecular flexibility index (Phi) is 5.45. The van der Waals surface area contributed by atoms with E-state index < -0.39 is 0 Å². The summed E-state index contributed by atoms with van der Waals surface area (Å²) in [5.41, 5.74) is 3.12. The molecule has 6 heteroatoms. The lowest BCUT2D eigenvalue weighted by molar-refractivity contribution is 0.0916. The molecule has 0 radical (unpaired) electrons. The molecule has 2 heterocycles. The second-order valence-electron chi connectivity index (χ2n) is 6.33. The van der Waals surface area contributed by atoms with Gasteiger partial charge in [0.25, 0.3) is 0 Å². The maximum Gasteiger partial charge on any atom is 0.410 e. The van der Waals surface area contributed by atoms with Crippen molar-refractivity contribution in [3.05, 3.63) is 70.7 Å². The van der Waals surface area contributed by atoms with Crippen LogP contribution in [0, 0.1) is 0 Å². The second-order valence-corrected chi connectivity index (χ2v) is 8.29. The van der Waals surface area contributed by atoms with Crippen molar-refractivity contribution >= 4 is 29.2 Å². The number of nitrogens with zero attached hydrogens (tertiary/aromatic N) is 2. The van der Waals surface area contributed by atoms with Crippen LogP contribution in [-0.2, 0) is 24.3 Å². The van der Waals surface area contributed by atoms with Crippen molar-refractivity contribution in [1.82, 2.24) is 9.88 Å². The van der Waals surface area contributed by atoms with E-state index in [0.29, 0.717) is 19.7 Å². The Morgan fingerprint density at radius 3 is 2.70 bits per heavy atom. The highest BCUT2D eigenvalue weighted by molar-refractivity contribution is 7.98. The van der Waals surface area contributed by atoms with Crippen molar-refractivity contribution < 1.29 is 9.53 Å². The predicted octanol–water partition coefficient (Wildman–Crippen LogP) is 5.23. The molecule has 2 aromatic carbocycles. The number of thiazole rings is 1. The zero-order valence-corrected chi connectivity index (χ0v) is 16.7. The van der Waals surface area contributed by atoms with Crippen LogP contribution in [0.15, 0.2) is 59.5 Å². The first-order chi connectivity index (χ1) is 13.2. The van der Waals surface area contributed by atoms with Crippen molar-refractivity contribution in [3.63, 3.8) is 0 Å². The van der Waals surface area contributed by atoms with Gasteiger partial charge >= 0.3 is 6.09 Å². The summed E-state index contributed by atoms with van der Waals surface area (Å²) in [4.78, 5) is 21.4. The van der Waals surface area contributed by atoms with Gasteiger partial charge in [-0.05, 0) is 24.0 Å². The van der Waals surface area contributed by atoms with Crippen molar-refractivity contribution in [3.8, 4) is 10.6 Å². The minimum absolute atomic E-state index is 0.275. The lowest BCUT2D eigenvalue weighted by Crippen LogP contribution is -2.36. The molecule has 1 aliphatic rings. The Morgan fingerprint density at radius 1 is 1.19 bits per heavy atom. The molecule has 0 aliphatic carbocycles. The van der Waals surface area contributed by atoms with Gasteiger partial charge in [-0.2, -0.15) is 0 Å². The molecule has 4 rings (SSSR count). The van der Waals surface area contributed by atoms with Crippen LogP contribution in [0.3, 0.4) is 0 Å². The molecule has 3 aromatic rings. The predicted molar refractivity (Wildman–Crippen MR) is 110 cm³/mol. The van der Waals surface area contributed by atoms with E-state index in [1.165, 1.54) is 9.77 Å². The van der Waals surface area contributed by atoms with Gasteiger partial charge in [-0.3, -0.25) is 0 Å². The molecule has 4 nitrogen and oxygen atoms in total. The van der Waals surface area contributed by atoms with Crippen LogP contribution >= 0.6 is 23.1 Å². The van der Waals surface area contributed by atoms with E-state index in [4.69, 9.17) is 9.72 Å². The summed E-state index contributed by atoms with van der Waals surface area (Å²) in [6.45, 7) is 1.49. The van der Waals surface area contributed by atoms with Gasteiger partial charge in [0.15, 0.2) is 0 Å². The number of thioether (sulfide) groups is 1. The third kappa shape index (κ3) is 4.17. The van der Waals surface area contributed by atoms with Crippen LogP contribution in [0.25, 0.3) is 10.6 Å². The van der Waals surface area contributed by atoms with E-state index in [-0.39, 0.29) is 6.09 Å². The number of benzene rings is 2. The Hall–Kier alpha value is -2.31. The number of rotatable bonds is 4. The van der Waals surface area contributed by atoms with Crippen molar-refractivity contribution in [2.45, 2.75) is 24.5 Å². The van der Waals surface area contributed by atoms with E-state index in [9.17, 15) is 4.79 Å². The van der Waals surface area contributed by atoms with Crippen LogP contribution in [0.1, 0.15) is 16.1 Å². The first kappa shape index (κ1) is 18.1. The number of hydrogen-bond donors (Lipinski definition) is 0. The van der Waals surface area contributed by atoms with Crippen LogP contribution in [0.2, 0.25) is 0 Å². The number of carbonyl (C=O) groups is 1. The zero-order chi connectivity index (χ0) is 18.6. The molecule has 138 valence electrons. The molecule has 1 amide bonds. The Labute approximate surface area is 167 Å². The molecule has 0 unspecified atom stereocenters. The number of amides is 1. The van der Waals surface area contributed by atoms with E-state index in [0.717, 1.165) is 28.2 Å². The lowest BCUT2D eigenvalue weighted by Gasteiger charge is -2.25. The van der Waals surface area contributed by atoms with E-state index in [2.05, 4.69) is 30.5 Å². The van der Waals surface area contributed by atoms with E-state index in [1.54, 1.807) is 28.0 Å². The van der Waals surface area contributed by atoms with Gasteiger partial charge in [0, 0.05) is 28.3 Å². The summed E-state index contributed by atoms with van der Waals surface area (Å²) in [5, 5.41) is 1.02. The van der Waals surface area contributed by atoms with Crippen molar-refractivity contribution in [2.75, 3.05) is 12.8 Å². The second kappa shape index (κ2) is 8.15. The maximum absolute atomic E-state index is 12.4. The molecule has 0 saturated heterocycles. The Balaban J connectivity index is 1.42. The Bertz CT molecular complexity index is 923. The molecule has 0 bridgehead atoms. The van der Waals surface area contributed by atoms with Crippen molar-refractivity contribution in [1.29, 1.82) is 0 Å². The van der Waals surface area contributed by atoms with Gasteiger partial charge in [0.2, 0.25) is 0 Å². The van der Waals surface area contributed by atoms with Gasteiger partial charge in [0.1, 0.15) is 11.6 Å². The van der Waals surface area contributed by atoms with Gasteiger partial charge in [0.05, 0.1) is 12.2 Å². The van der Waals surface area contributed by atoms with Gasteiger partial charge < -0.3 is 9.64 Å². The molecule has 1 aromatic heterocycles. The van der Waals surface area contributed by atoms with Crippen LogP contribution in [-0.4, -0.2) is 28.8 Å². The van der Waals surface area contributed by atoms with Gasteiger partial charge in [-0.25, -0.2) is 9.78 Å². The molecular weight excluding hydrogens is 376 g/mol. The molecule has 0 N–H and O–H groups in total. The fourth-order valence-electron chi connectivity index (χ4n) is 3.02. The highest BCUT2D eigenvalue weighted by Crippen LogP contribution is 2.32. The topological polar surface area (TPSA) is 42.4 Å². The van der Waals surface area contributed by atoms with Crippen molar-refractivity contribution in [2.24, 2.45) is 0 Å². The van der Waals surface area contributed by atoms with Gasteiger partial charge in [-0.1, -0.05) is 42.5 Å². The van der Waals surface area contributed by atoms with Gasteiger partial charge in [-0.15, -0.1) is 23.1 Å². The monoisotopic (exact) mass is 396 g/mol. The number of ether oxygens (including phenoxy) is 1. The molecule has 1 aliphatic heterocycles.